The lowest BCUT2D eigenvalue weighted by atomic mass is 10.1. The van der Waals surface area contributed by atoms with Gasteiger partial charge in [-0.05, 0) is 29.2 Å². The van der Waals surface area contributed by atoms with Crippen molar-refractivity contribution in [3.8, 4) is 17.1 Å². The Morgan fingerprint density at radius 1 is 1.23 bits per heavy atom. The zero-order valence-corrected chi connectivity index (χ0v) is 20.3. The summed E-state index contributed by atoms with van der Waals surface area (Å²) < 4.78 is 34.8. The largest absolute Gasteiger partial charge is 0.443 e. The summed E-state index contributed by atoms with van der Waals surface area (Å²) in [6.45, 7) is 1.35. The van der Waals surface area contributed by atoms with Crippen molar-refractivity contribution >= 4 is 17.6 Å². The van der Waals surface area contributed by atoms with Gasteiger partial charge in [-0.3, -0.25) is 14.5 Å². The fraction of sp³-hybridized carbons (Fsp3) is 0.292. The van der Waals surface area contributed by atoms with Gasteiger partial charge in [0.05, 0.1) is 43.8 Å². The molecular formula is C24H21FN8O6. The van der Waals surface area contributed by atoms with Crippen LogP contribution >= 0.6 is 0 Å². The van der Waals surface area contributed by atoms with Crippen LogP contribution in [-0.4, -0.2) is 65.9 Å². The first-order chi connectivity index (χ1) is 18.9. The fourth-order valence-corrected chi connectivity index (χ4v) is 4.40. The third-order valence-corrected chi connectivity index (χ3v) is 6.32. The summed E-state index contributed by atoms with van der Waals surface area (Å²) in [5.74, 6) is -0.786. The van der Waals surface area contributed by atoms with Gasteiger partial charge in [-0.1, -0.05) is 11.3 Å². The van der Waals surface area contributed by atoms with Gasteiger partial charge >= 0.3 is 17.9 Å². The van der Waals surface area contributed by atoms with Gasteiger partial charge < -0.3 is 24.3 Å². The summed E-state index contributed by atoms with van der Waals surface area (Å²) >= 11 is 0. The monoisotopic (exact) mass is 536 g/mol. The molecule has 0 spiro atoms. The van der Waals surface area contributed by atoms with E-state index in [1.807, 2.05) is 0 Å². The molecule has 1 saturated heterocycles. The predicted octanol–water partition coefficient (Wildman–Crippen LogP) is 2.59. The van der Waals surface area contributed by atoms with E-state index in [0.717, 1.165) is 0 Å². The van der Waals surface area contributed by atoms with E-state index >= 15 is 4.39 Å². The second-order valence-electron chi connectivity index (χ2n) is 8.98. The van der Waals surface area contributed by atoms with E-state index in [1.165, 1.54) is 27.9 Å². The number of halogens is 1. The zero-order chi connectivity index (χ0) is 26.9. The van der Waals surface area contributed by atoms with Crippen molar-refractivity contribution in [3.63, 3.8) is 0 Å². The molecule has 1 fully saturated rings. The number of rotatable bonds is 8. The molecule has 2 atom stereocenters. The molecule has 2 aliphatic rings. The topological polar surface area (TPSA) is 153 Å². The molecule has 1 amide bonds. The van der Waals surface area contributed by atoms with Gasteiger partial charge in [-0.15, -0.1) is 5.10 Å². The number of imidazole rings is 1. The van der Waals surface area contributed by atoms with Crippen LogP contribution in [-0.2, 0) is 29.2 Å². The summed E-state index contributed by atoms with van der Waals surface area (Å²) in [6, 6.07) is 8.20. The molecule has 0 radical (unpaired) electrons. The highest BCUT2D eigenvalue weighted by molar-refractivity contribution is 5.90. The molecule has 200 valence electrons. The smallest absolute Gasteiger partial charge is 0.414 e. The molecular weight excluding hydrogens is 515 g/mol. The maximum Gasteiger partial charge on any atom is 0.414 e. The standard InChI is InChI=1S/C24H21FN8O6/c25-21-7-17(32-11-18(39-24(32)34)10-31-6-5-27-29-31)3-4-20(21)15-1-2-16(26-8-15)13-37-19-9-30-12-22(33(35)36)28-23(30)38-14-19/h1-8,12,18-19H,9-11,13-14H2/t18-,19-/m0/s1. The maximum atomic E-state index is 15.1. The second-order valence-corrected chi connectivity index (χ2v) is 8.98. The molecule has 0 saturated carbocycles. The number of pyridine rings is 1. The quantitative estimate of drug-likeness (QED) is 0.243. The molecule has 0 bridgehead atoms. The van der Waals surface area contributed by atoms with Crippen LogP contribution in [0.2, 0.25) is 0 Å². The lowest BCUT2D eigenvalue weighted by molar-refractivity contribution is -0.389. The third-order valence-electron chi connectivity index (χ3n) is 6.32. The number of amides is 1. The lowest BCUT2D eigenvalue weighted by Crippen LogP contribution is -2.32. The Hall–Kier alpha value is -4.92. The average molecular weight is 536 g/mol. The van der Waals surface area contributed by atoms with Crippen LogP contribution in [0.1, 0.15) is 5.69 Å². The summed E-state index contributed by atoms with van der Waals surface area (Å²) in [5, 5.41) is 18.5. The molecule has 5 heterocycles. The predicted molar refractivity (Wildman–Crippen MR) is 130 cm³/mol. The maximum absolute atomic E-state index is 15.1. The Bertz CT molecular complexity index is 1510. The number of carbonyl (C=O) groups excluding carboxylic acids is 1. The normalized spacial score (nSPS) is 18.5. The number of aromatic nitrogens is 6. The van der Waals surface area contributed by atoms with Crippen molar-refractivity contribution in [1.82, 2.24) is 29.5 Å². The molecule has 0 unspecified atom stereocenters. The van der Waals surface area contributed by atoms with Gasteiger partial charge in [0, 0.05) is 28.5 Å². The lowest BCUT2D eigenvalue weighted by Gasteiger charge is -2.22. The first kappa shape index (κ1) is 24.4. The fourth-order valence-electron chi connectivity index (χ4n) is 4.40. The molecule has 4 aromatic rings. The van der Waals surface area contributed by atoms with Crippen LogP contribution in [0, 0.1) is 15.9 Å². The van der Waals surface area contributed by atoms with Gasteiger partial charge in [0.1, 0.15) is 30.8 Å². The summed E-state index contributed by atoms with van der Waals surface area (Å²) in [7, 11) is 0. The van der Waals surface area contributed by atoms with Gasteiger partial charge in [-0.2, -0.15) is 0 Å². The molecule has 39 heavy (non-hydrogen) atoms. The molecule has 6 rings (SSSR count). The molecule has 1 aromatic carbocycles. The Morgan fingerprint density at radius 2 is 2.13 bits per heavy atom. The summed E-state index contributed by atoms with van der Waals surface area (Å²) in [4.78, 5) is 32.2. The molecule has 0 aliphatic carbocycles. The number of nitro groups is 1. The van der Waals surface area contributed by atoms with Crippen molar-refractivity contribution in [3.05, 3.63) is 76.7 Å². The number of nitrogens with zero attached hydrogens (tertiary/aromatic N) is 8. The second kappa shape index (κ2) is 10.1. The number of hydrogen-bond donors (Lipinski definition) is 0. The van der Waals surface area contributed by atoms with Crippen LogP contribution in [0.5, 0.6) is 6.01 Å². The minimum absolute atomic E-state index is 0.175. The highest BCUT2D eigenvalue weighted by Gasteiger charge is 2.33. The molecule has 14 nitrogen and oxygen atoms in total. The van der Waals surface area contributed by atoms with E-state index in [2.05, 4.69) is 20.3 Å². The molecule has 0 N–H and O–H groups in total. The van der Waals surface area contributed by atoms with Crippen LogP contribution in [0.4, 0.5) is 20.7 Å². The number of carbonyl (C=O) groups is 1. The van der Waals surface area contributed by atoms with Crippen molar-refractivity contribution in [1.29, 1.82) is 0 Å². The minimum Gasteiger partial charge on any atom is -0.443 e. The molecule has 15 heteroatoms. The molecule has 2 aliphatic heterocycles. The SMILES string of the molecule is O=C1O[C@@H](Cn2ccnn2)CN1c1ccc(-c2ccc(CO[C@@H]3COc4nc([N+](=O)[O-])cn4C3)nc2)c(F)c1. The van der Waals surface area contributed by atoms with E-state index < -0.39 is 22.9 Å². The number of benzene rings is 1. The Morgan fingerprint density at radius 3 is 2.87 bits per heavy atom. The minimum atomic E-state index is -0.579. The number of ether oxygens (including phenoxy) is 3. The van der Waals surface area contributed by atoms with Gasteiger partial charge in [0.15, 0.2) is 0 Å². The molecule has 3 aromatic heterocycles. The Balaban J connectivity index is 1.06. The highest BCUT2D eigenvalue weighted by Crippen LogP contribution is 2.29. The van der Waals surface area contributed by atoms with Gasteiger partial charge in [0.25, 0.3) is 0 Å². The first-order valence-electron chi connectivity index (χ1n) is 12.0. The number of fused-ring (bicyclic) bond motifs is 1. The summed E-state index contributed by atoms with van der Waals surface area (Å²) in [5.41, 5.74) is 1.91. The average Bonchev–Trinajstić information content (AvgIpc) is 3.68. The van der Waals surface area contributed by atoms with Crippen molar-refractivity contribution < 1.29 is 28.3 Å². The van der Waals surface area contributed by atoms with Gasteiger partial charge in [0.2, 0.25) is 0 Å². The van der Waals surface area contributed by atoms with Crippen molar-refractivity contribution in [2.75, 3.05) is 18.1 Å². The Kier molecular flexibility index (Phi) is 6.32. The van der Waals surface area contributed by atoms with E-state index in [9.17, 15) is 14.9 Å². The van der Waals surface area contributed by atoms with E-state index in [0.29, 0.717) is 35.6 Å². The Labute approximate surface area is 219 Å². The zero-order valence-electron chi connectivity index (χ0n) is 20.3. The highest BCUT2D eigenvalue weighted by atomic mass is 19.1. The van der Waals surface area contributed by atoms with Crippen molar-refractivity contribution in [2.24, 2.45) is 0 Å². The van der Waals surface area contributed by atoms with E-state index in [1.54, 1.807) is 41.3 Å². The van der Waals surface area contributed by atoms with Crippen LogP contribution < -0.4 is 9.64 Å². The van der Waals surface area contributed by atoms with E-state index in [4.69, 9.17) is 14.2 Å². The number of anilines is 1. The first-order valence-corrected chi connectivity index (χ1v) is 12.0. The number of cyclic esters (lactones) is 1. The van der Waals surface area contributed by atoms with Crippen LogP contribution in [0.25, 0.3) is 11.1 Å². The van der Waals surface area contributed by atoms with Crippen LogP contribution in [0.3, 0.4) is 0 Å². The van der Waals surface area contributed by atoms with Gasteiger partial charge in [-0.25, -0.2) is 13.9 Å². The van der Waals surface area contributed by atoms with E-state index in [-0.39, 0.29) is 37.7 Å². The van der Waals surface area contributed by atoms with Crippen molar-refractivity contribution in [2.45, 2.75) is 31.9 Å². The van der Waals surface area contributed by atoms with Crippen LogP contribution in [0.15, 0.2) is 55.1 Å². The third kappa shape index (κ3) is 5.11. The number of hydrogen-bond acceptors (Lipinski definition) is 10. The summed E-state index contributed by atoms with van der Waals surface area (Å²) in [6.07, 6.45) is 4.74.